The van der Waals surface area contributed by atoms with Crippen LogP contribution in [0.2, 0.25) is 0 Å². The Hall–Kier alpha value is -3.21. The molecule has 0 saturated carbocycles. The van der Waals surface area contributed by atoms with Gasteiger partial charge in [0.2, 0.25) is 0 Å². The van der Waals surface area contributed by atoms with E-state index in [-0.39, 0.29) is 11.7 Å². The molecule has 5 heteroatoms. The summed E-state index contributed by atoms with van der Waals surface area (Å²) in [5.41, 5.74) is 4.31. The first-order chi connectivity index (χ1) is 12.6. The Morgan fingerprint density at radius 1 is 1.12 bits per heavy atom. The zero-order valence-corrected chi connectivity index (χ0v) is 14.3. The van der Waals surface area contributed by atoms with E-state index in [0.717, 1.165) is 12.1 Å². The predicted molar refractivity (Wildman–Crippen MR) is 100 cm³/mol. The Morgan fingerprint density at radius 3 is 2.62 bits per heavy atom. The van der Waals surface area contributed by atoms with Crippen molar-refractivity contribution in [3.8, 4) is 0 Å². The number of pyridine rings is 1. The van der Waals surface area contributed by atoms with Crippen molar-refractivity contribution >= 4 is 23.0 Å². The molecule has 0 fully saturated rings. The van der Waals surface area contributed by atoms with E-state index in [2.05, 4.69) is 40.3 Å². The van der Waals surface area contributed by atoms with E-state index in [4.69, 9.17) is 0 Å². The number of amides is 1. The van der Waals surface area contributed by atoms with Crippen LogP contribution in [0.4, 0.5) is 21.5 Å². The van der Waals surface area contributed by atoms with Crippen LogP contribution in [-0.4, -0.2) is 16.9 Å². The van der Waals surface area contributed by atoms with Crippen LogP contribution in [0.5, 0.6) is 0 Å². The van der Waals surface area contributed by atoms with Crippen LogP contribution in [0.3, 0.4) is 0 Å². The van der Waals surface area contributed by atoms with Crippen molar-refractivity contribution in [2.45, 2.75) is 19.4 Å². The summed E-state index contributed by atoms with van der Waals surface area (Å²) < 4.78 is 12.9. The summed E-state index contributed by atoms with van der Waals surface area (Å²) in [7, 11) is 0. The molecule has 1 aromatic heterocycles. The maximum Gasteiger partial charge on any atom is 0.274 e. The molecule has 1 unspecified atom stereocenters. The van der Waals surface area contributed by atoms with E-state index in [0.29, 0.717) is 17.4 Å². The standard InChI is InChI=1S/C21H18FN3O/c1-14-12-15-4-2-3-5-20(15)25(14)18-10-11-19(23-13-18)21(26)24-17-8-6-16(22)7-9-17/h2-11,13-14H,12H2,1H3,(H,24,26). The number of aromatic nitrogens is 1. The lowest BCUT2D eigenvalue weighted by Crippen LogP contribution is -2.24. The number of anilines is 3. The first kappa shape index (κ1) is 16.3. The van der Waals surface area contributed by atoms with Crippen molar-refractivity contribution in [3.63, 3.8) is 0 Å². The average Bonchev–Trinajstić information content (AvgIpc) is 2.99. The fourth-order valence-electron chi connectivity index (χ4n) is 3.35. The molecule has 0 radical (unpaired) electrons. The van der Waals surface area contributed by atoms with Gasteiger partial charge in [-0.25, -0.2) is 9.37 Å². The minimum absolute atomic E-state index is 0.318. The summed E-state index contributed by atoms with van der Waals surface area (Å²) in [4.78, 5) is 18.9. The second kappa shape index (κ2) is 6.59. The molecule has 1 aliphatic heterocycles. The number of rotatable bonds is 3. The molecule has 26 heavy (non-hydrogen) atoms. The molecular weight excluding hydrogens is 329 g/mol. The summed E-state index contributed by atoms with van der Waals surface area (Å²) in [6.45, 7) is 2.18. The number of hydrogen-bond donors (Lipinski definition) is 1. The minimum Gasteiger partial charge on any atom is -0.337 e. The Kier molecular flexibility index (Phi) is 4.13. The first-order valence-electron chi connectivity index (χ1n) is 8.52. The van der Waals surface area contributed by atoms with E-state index in [1.165, 1.54) is 35.5 Å². The third kappa shape index (κ3) is 3.04. The van der Waals surface area contributed by atoms with E-state index < -0.39 is 0 Å². The molecule has 2 aromatic carbocycles. The molecule has 1 atom stereocenters. The number of halogens is 1. The van der Waals surface area contributed by atoms with Gasteiger partial charge in [0, 0.05) is 17.4 Å². The number of fused-ring (bicyclic) bond motifs is 1. The van der Waals surface area contributed by atoms with Crippen LogP contribution in [-0.2, 0) is 6.42 Å². The summed E-state index contributed by atoms with van der Waals surface area (Å²) in [5, 5.41) is 2.72. The van der Waals surface area contributed by atoms with Gasteiger partial charge in [0.1, 0.15) is 11.5 Å². The number of carbonyl (C=O) groups is 1. The molecule has 0 spiro atoms. The monoisotopic (exact) mass is 347 g/mol. The molecular formula is C21H18FN3O. The SMILES string of the molecule is CC1Cc2ccccc2N1c1ccc(C(=O)Nc2ccc(F)cc2)nc1. The maximum absolute atomic E-state index is 12.9. The van der Waals surface area contributed by atoms with Gasteiger partial charge in [-0.15, -0.1) is 0 Å². The van der Waals surface area contributed by atoms with Crippen molar-refractivity contribution in [2.75, 3.05) is 10.2 Å². The molecule has 0 aliphatic carbocycles. The molecule has 4 rings (SSSR count). The van der Waals surface area contributed by atoms with Gasteiger partial charge >= 0.3 is 0 Å². The first-order valence-corrected chi connectivity index (χ1v) is 8.52. The predicted octanol–water partition coefficient (Wildman–Crippen LogP) is 4.56. The summed E-state index contributed by atoms with van der Waals surface area (Å²) in [6.07, 6.45) is 2.71. The van der Waals surface area contributed by atoms with Crippen LogP contribution in [0.1, 0.15) is 23.0 Å². The highest BCUT2D eigenvalue weighted by Crippen LogP contribution is 2.37. The van der Waals surface area contributed by atoms with Gasteiger partial charge in [0.05, 0.1) is 11.9 Å². The lowest BCUT2D eigenvalue weighted by Gasteiger charge is -2.24. The number of benzene rings is 2. The van der Waals surface area contributed by atoms with E-state index >= 15 is 0 Å². The zero-order valence-electron chi connectivity index (χ0n) is 14.3. The normalized spacial score (nSPS) is 15.6. The van der Waals surface area contributed by atoms with Crippen molar-refractivity contribution in [3.05, 3.63) is 83.9 Å². The molecule has 2 heterocycles. The largest absolute Gasteiger partial charge is 0.337 e. The fraction of sp³-hybridized carbons (Fsp3) is 0.143. The Labute approximate surface area is 151 Å². The quantitative estimate of drug-likeness (QED) is 0.756. The van der Waals surface area contributed by atoms with Gasteiger partial charge in [-0.05, 0) is 61.4 Å². The van der Waals surface area contributed by atoms with Gasteiger partial charge < -0.3 is 10.2 Å². The minimum atomic E-state index is -0.342. The second-order valence-electron chi connectivity index (χ2n) is 6.41. The van der Waals surface area contributed by atoms with Gasteiger partial charge in [0.15, 0.2) is 0 Å². The fourth-order valence-corrected chi connectivity index (χ4v) is 3.35. The van der Waals surface area contributed by atoms with Crippen LogP contribution >= 0.6 is 0 Å². The molecule has 0 saturated heterocycles. The third-order valence-electron chi connectivity index (χ3n) is 4.57. The second-order valence-corrected chi connectivity index (χ2v) is 6.41. The molecule has 0 bridgehead atoms. The lowest BCUT2D eigenvalue weighted by atomic mass is 10.1. The van der Waals surface area contributed by atoms with Crippen LogP contribution in [0, 0.1) is 5.82 Å². The van der Waals surface area contributed by atoms with Gasteiger partial charge in [-0.3, -0.25) is 4.79 Å². The molecule has 130 valence electrons. The van der Waals surface area contributed by atoms with Gasteiger partial charge in [-0.1, -0.05) is 18.2 Å². The van der Waals surface area contributed by atoms with Crippen molar-refractivity contribution in [1.82, 2.24) is 4.98 Å². The highest BCUT2D eigenvalue weighted by molar-refractivity contribution is 6.03. The van der Waals surface area contributed by atoms with Crippen LogP contribution < -0.4 is 10.2 Å². The van der Waals surface area contributed by atoms with Crippen molar-refractivity contribution in [1.29, 1.82) is 0 Å². The highest BCUT2D eigenvalue weighted by Gasteiger charge is 2.27. The smallest absolute Gasteiger partial charge is 0.274 e. The summed E-state index contributed by atoms with van der Waals surface area (Å²) in [6, 6.07) is 17.9. The molecule has 4 nitrogen and oxygen atoms in total. The number of carbonyl (C=O) groups excluding carboxylic acids is 1. The Morgan fingerprint density at radius 2 is 1.88 bits per heavy atom. The summed E-state index contributed by atoms with van der Waals surface area (Å²) >= 11 is 0. The van der Waals surface area contributed by atoms with Gasteiger partial charge in [0.25, 0.3) is 5.91 Å². The number of nitrogens with one attached hydrogen (secondary N) is 1. The van der Waals surface area contributed by atoms with E-state index in [1.807, 2.05) is 12.1 Å². The number of nitrogens with zero attached hydrogens (tertiary/aromatic N) is 2. The number of hydrogen-bond acceptors (Lipinski definition) is 3. The zero-order chi connectivity index (χ0) is 18.1. The van der Waals surface area contributed by atoms with Crippen LogP contribution in [0.25, 0.3) is 0 Å². The van der Waals surface area contributed by atoms with Crippen molar-refractivity contribution in [2.24, 2.45) is 0 Å². The third-order valence-corrected chi connectivity index (χ3v) is 4.57. The highest BCUT2D eigenvalue weighted by atomic mass is 19.1. The molecule has 1 N–H and O–H groups in total. The maximum atomic E-state index is 12.9. The average molecular weight is 347 g/mol. The number of para-hydroxylation sites is 1. The van der Waals surface area contributed by atoms with Gasteiger partial charge in [-0.2, -0.15) is 0 Å². The Bertz CT molecular complexity index is 938. The van der Waals surface area contributed by atoms with Crippen LogP contribution in [0.15, 0.2) is 66.9 Å². The summed E-state index contributed by atoms with van der Waals surface area (Å²) in [5.74, 6) is -0.663. The lowest BCUT2D eigenvalue weighted by molar-refractivity contribution is 0.102. The Balaban J connectivity index is 1.53. The molecule has 1 aliphatic rings. The molecule has 3 aromatic rings. The topological polar surface area (TPSA) is 45.2 Å². The molecule has 1 amide bonds. The van der Waals surface area contributed by atoms with E-state index in [1.54, 1.807) is 12.3 Å². The van der Waals surface area contributed by atoms with Crippen molar-refractivity contribution < 1.29 is 9.18 Å². The van der Waals surface area contributed by atoms with E-state index in [9.17, 15) is 9.18 Å².